The lowest BCUT2D eigenvalue weighted by atomic mass is 10.3. The molecule has 2 N–H and O–H groups in total. The van der Waals surface area contributed by atoms with Crippen molar-refractivity contribution in [3.63, 3.8) is 0 Å². The Labute approximate surface area is 87.5 Å². The molecule has 4 heteroatoms. The second-order valence-corrected chi connectivity index (χ2v) is 3.32. The molecular weight excluding hydrogens is 190 g/mol. The molecule has 2 rings (SSSR count). The Hall–Kier alpha value is -1.81. The topological polar surface area (TPSA) is 49.8 Å². The Morgan fingerprint density at radius 3 is 2.73 bits per heavy atom. The number of rotatable bonds is 3. The zero-order valence-corrected chi connectivity index (χ0v) is 8.53. The lowest BCUT2D eigenvalue weighted by molar-refractivity contribution is 0.751. The third kappa shape index (κ3) is 1.99. The highest BCUT2D eigenvalue weighted by Gasteiger charge is 2.03. The number of nitrogens with one attached hydrogen (secondary N) is 2. The molecule has 0 aliphatic rings. The molecule has 0 amide bonds. The summed E-state index contributed by atoms with van der Waals surface area (Å²) >= 11 is 0. The standard InChI is InChI=1S/C11H13N3O/c1-12-8-9-7-11(15)14(13-9)10-5-3-2-4-6-10/h2-7,12-13H,8H2,1H3. The van der Waals surface area contributed by atoms with Crippen LogP contribution >= 0.6 is 0 Å². The second kappa shape index (κ2) is 4.14. The molecular formula is C11H13N3O. The predicted molar refractivity (Wildman–Crippen MR) is 59.2 cm³/mol. The first-order valence-electron chi connectivity index (χ1n) is 4.82. The molecule has 0 unspecified atom stereocenters. The molecule has 0 atom stereocenters. The van der Waals surface area contributed by atoms with Gasteiger partial charge in [0.25, 0.3) is 5.56 Å². The van der Waals surface area contributed by atoms with Gasteiger partial charge in [0.15, 0.2) is 0 Å². The minimum atomic E-state index is -0.0357. The molecule has 0 saturated heterocycles. The van der Waals surface area contributed by atoms with Crippen LogP contribution in [0.25, 0.3) is 5.69 Å². The van der Waals surface area contributed by atoms with E-state index < -0.39 is 0 Å². The number of aromatic nitrogens is 2. The third-order valence-electron chi connectivity index (χ3n) is 2.16. The molecule has 2 aromatic rings. The van der Waals surface area contributed by atoms with Crippen LogP contribution in [-0.4, -0.2) is 16.8 Å². The van der Waals surface area contributed by atoms with Crippen LogP contribution < -0.4 is 10.9 Å². The minimum Gasteiger partial charge on any atom is -0.314 e. The molecule has 0 fully saturated rings. The van der Waals surface area contributed by atoms with Gasteiger partial charge in [0.2, 0.25) is 0 Å². The van der Waals surface area contributed by atoms with Crippen LogP contribution in [-0.2, 0) is 6.54 Å². The Morgan fingerprint density at radius 2 is 2.07 bits per heavy atom. The average Bonchev–Trinajstić information content (AvgIpc) is 2.61. The fraction of sp³-hybridized carbons (Fsp3) is 0.182. The van der Waals surface area contributed by atoms with Crippen LogP contribution in [0.1, 0.15) is 5.69 Å². The van der Waals surface area contributed by atoms with E-state index in [-0.39, 0.29) is 5.56 Å². The van der Waals surface area contributed by atoms with Gasteiger partial charge in [-0.05, 0) is 19.2 Å². The van der Waals surface area contributed by atoms with Gasteiger partial charge in [-0.3, -0.25) is 9.89 Å². The Kier molecular flexibility index (Phi) is 2.69. The summed E-state index contributed by atoms with van der Waals surface area (Å²) in [4.78, 5) is 11.6. The molecule has 15 heavy (non-hydrogen) atoms. The van der Waals surface area contributed by atoms with Gasteiger partial charge in [-0.2, -0.15) is 0 Å². The van der Waals surface area contributed by atoms with Gasteiger partial charge in [-0.25, -0.2) is 4.68 Å². The number of aromatic amines is 1. The van der Waals surface area contributed by atoms with E-state index in [4.69, 9.17) is 0 Å². The molecule has 0 aliphatic carbocycles. The third-order valence-corrected chi connectivity index (χ3v) is 2.16. The van der Waals surface area contributed by atoms with E-state index in [1.54, 1.807) is 6.07 Å². The summed E-state index contributed by atoms with van der Waals surface area (Å²) in [7, 11) is 1.85. The van der Waals surface area contributed by atoms with Gasteiger partial charge < -0.3 is 5.32 Å². The number of hydrogen-bond acceptors (Lipinski definition) is 2. The highest BCUT2D eigenvalue weighted by atomic mass is 16.1. The molecule has 0 saturated carbocycles. The van der Waals surface area contributed by atoms with Crippen molar-refractivity contribution < 1.29 is 0 Å². The first kappa shape index (κ1) is 9.73. The fourth-order valence-electron chi connectivity index (χ4n) is 1.49. The van der Waals surface area contributed by atoms with Gasteiger partial charge >= 0.3 is 0 Å². The average molecular weight is 203 g/mol. The van der Waals surface area contributed by atoms with Gasteiger partial charge in [-0.1, -0.05) is 18.2 Å². The maximum atomic E-state index is 11.6. The summed E-state index contributed by atoms with van der Waals surface area (Å²) in [6, 6.07) is 11.1. The molecule has 0 bridgehead atoms. The van der Waals surface area contributed by atoms with Crippen LogP contribution in [0, 0.1) is 0 Å². The van der Waals surface area contributed by atoms with Crippen molar-refractivity contribution in [3.8, 4) is 5.69 Å². The number of nitrogens with zero attached hydrogens (tertiary/aromatic N) is 1. The summed E-state index contributed by atoms with van der Waals surface area (Å²) in [5.41, 5.74) is 1.70. The zero-order chi connectivity index (χ0) is 10.7. The van der Waals surface area contributed by atoms with Crippen molar-refractivity contribution in [3.05, 3.63) is 52.4 Å². The zero-order valence-electron chi connectivity index (χ0n) is 8.53. The normalized spacial score (nSPS) is 10.5. The maximum Gasteiger partial charge on any atom is 0.271 e. The fourth-order valence-corrected chi connectivity index (χ4v) is 1.49. The first-order valence-corrected chi connectivity index (χ1v) is 4.82. The predicted octanol–water partition coefficient (Wildman–Crippen LogP) is 0.885. The van der Waals surface area contributed by atoms with Crippen molar-refractivity contribution in [1.82, 2.24) is 15.1 Å². The van der Waals surface area contributed by atoms with E-state index in [2.05, 4.69) is 10.4 Å². The molecule has 4 nitrogen and oxygen atoms in total. The molecule has 0 radical (unpaired) electrons. The lowest BCUT2D eigenvalue weighted by Gasteiger charge is -2.00. The van der Waals surface area contributed by atoms with Crippen LogP contribution in [0.5, 0.6) is 0 Å². The van der Waals surface area contributed by atoms with Gasteiger partial charge in [0, 0.05) is 12.6 Å². The summed E-state index contributed by atoms with van der Waals surface area (Å²) in [6.07, 6.45) is 0. The van der Waals surface area contributed by atoms with E-state index in [1.807, 2.05) is 37.4 Å². The van der Waals surface area contributed by atoms with Crippen molar-refractivity contribution >= 4 is 0 Å². The largest absolute Gasteiger partial charge is 0.314 e. The molecule has 1 aromatic heterocycles. The van der Waals surface area contributed by atoms with E-state index in [9.17, 15) is 4.79 Å². The first-order chi connectivity index (χ1) is 7.31. The monoisotopic (exact) mass is 203 g/mol. The van der Waals surface area contributed by atoms with Gasteiger partial charge in [0.1, 0.15) is 0 Å². The number of H-pyrrole nitrogens is 1. The molecule has 0 spiro atoms. The van der Waals surface area contributed by atoms with Gasteiger partial charge in [-0.15, -0.1) is 0 Å². The minimum absolute atomic E-state index is 0.0357. The Bertz CT molecular complexity index is 484. The van der Waals surface area contributed by atoms with Crippen LogP contribution in [0.2, 0.25) is 0 Å². The van der Waals surface area contributed by atoms with E-state index in [1.165, 1.54) is 4.68 Å². The molecule has 1 aromatic carbocycles. The number of hydrogen-bond donors (Lipinski definition) is 2. The van der Waals surface area contributed by atoms with E-state index in [0.29, 0.717) is 6.54 Å². The van der Waals surface area contributed by atoms with Crippen molar-refractivity contribution in [1.29, 1.82) is 0 Å². The quantitative estimate of drug-likeness (QED) is 0.778. The van der Waals surface area contributed by atoms with E-state index in [0.717, 1.165) is 11.4 Å². The van der Waals surface area contributed by atoms with Gasteiger partial charge in [0.05, 0.1) is 11.4 Å². The molecule has 0 aliphatic heterocycles. The number of benzene rings is 1. The highest BCUT2D eigenvalue weighted by Crippen LogP contribution is 2.02. The number of para-hydroxylation sites is 1. The van der Waals surface area contributed by atoms with Crippen LogP contribution in [0.4, 0.5) is 0 Å². The summed E-state index contributed by atoms with van der Waals surface area (Å²) in [5, 5.41) is 6.03. The lowest BCUT2D eigenvalue weighted by Crippen LogP contribution is -2.13. The molecule has 78 valence electrons. The Balaban J connectivity index is 2.41. The Morgan fingerprint density at radius 1 is 1.33 bits per heavy atom. The highest BCUT2D eigenvalue weighted by molar-refractivity contribution is 5.30. The summed E-state index contributed by atoms with van der Waals surface area (Å²) in [5.74, 6) is 0. The van der Waals surface area contributed by atoms with Crippen LogP contribution in [0.15, 0.2) is 41.2 Å². The van der Waals surface area contributed by atoms with Crippen LogP contribution in [0.3, 0.4) is 0 Å². The second-order valence-electron chi connectivity index (χ2n) is 3.32. The van der Waals surface area contributed by atoms with Crippen molar-refractivity contribution in [2.75, 3.05) is 7.05 Å². The summed E-state index contributed by atoms with van der Waals surface area (Å²) in [6.45, 7) is 0.662. The smallest absolute Gasteiger partial charge is 0.271 e. The van der Waals surface area contributed by atoms with E-state index >= 15 is 0 Å². The SMILES string of the molecule is CNCc1cc(=O)n(-c2ccccc2)[nH]1. The maximum absolute atomic E-state index is 11.6. The van der Waals surface area contributed by atoms with Crippen molar-refractivity contribution in [2.24, 2.45) is 0 Å². The van der Waals surface area contributed by atoms with Crippen molar-refractivity contribution in [2.45, 2.75) is 6.54 Å². The summed E-state index contributed by atoms with van der Waals surface area (Å²) < 4.78 is 1.53. The molecule has 1 heterocycles.